The fourth-order valence-electron chi connectivity index (χ4n) is 6.23. The summed E-state index contributed by atoms with van der Waals surface area (Å²) in [7, 11) is -4.65. The monoisotopic (exact) mass is 1020 g/mol. The van der Waals surface area contributed by atoms with E-state index >= 15 is 0 Å². The fourth-order valence-corrected chi connectivity index (χ4v) is 15.0. The van der Waals surface area contributed by atoms with Crippen LogP contribution in [0.3, 0.4) is 0 Å². The maximum atomic E-state index is 12.9. The number of carbonyl (C=O) groups is 2. The first-order valence-corrected chi connectivity index (χ1v) is 38.2. The van der Waals surface area contributed by atoms with Gasteiger partial charge in [-0.3, -0.25) is 0 Å². The fraction of sp³-hybridized carbons (Fsp3) is 0.932. The lowest BCUT2D eigenvalue weighted by Crippen LogP contribution is -2.46. The molecule has 0 radical (unpaired) electrons. The highest BCUT2D eigenvalue weighted by atomic mass is 28.4. The van der Waals surface area contributed by atoms with E-state index in [-0.39, 0.29) is 34.3 Å². The Hall–Kier alpha value is -1.32. The van der Waals surface area contributed by atoms with Gasteiger partial charge in [0.2, 0.25) is 6.08 Å². The number of amides is 4. The summed E-state index contributed by atoms with van der Waals surface area (Å²) in [4.78, 5) is 40.2. The number of carbonyl (C=O) groups excluding carboxylic acids is 3. The van der Waals surface area contributed by atoms with Crippen molar-refractivity contribution in [2.75, 3.05) is 99.5 Å². The lowest BCUT2D eigenvalue weighted by molar-refractivity contribution is 0.188. The van der Waals surface area contributed by atoms with Crippen LogP contribution in [0.4, 0.5) is 9.59 Å². The number of nitrogens with two attached hydrogens (primary N) is 1. The number of hydrogen-bond donors (Lipinski definition) is 5. The van der Waals surface area contributed by atoms with Gasteiger partial charge < -0.3 is 58.5 Å². The SMILES string of the molecule is C.C.C.CCO[Si](C)(C)CCCNC(=O)NCCN(CCC[Si](C)(C)OC)C(=O)NCCC[Si](C)(C)OCC.CCO[Si](C)(CCCN=C=O)OCC.CO[Si](C)(C)CCCNCCN. The number of rotatable bonds is 35. The predicted octanol–water partition coefficient (Wildman–Crippen LogP) is 9.34. The molecule has 394 valence electrons. The van der Waals surface area contributed by atoms with E-state index in [1.807, 2.05) is 46.3 Å². The number of aliphatic imine (C=N–C) groups is 1. The molecule has 0 bridgehead atoms. The van der Waals surface area contributed by atoms with Crippen LogP contribution in [0.1, 0.15) is 82.1 Å². The third-order valence-corrected chi connectivity index (χ3v) is 23.8. The summed E-state index contributed by atoms with van der Waals surface area (Å²) >= 11 is 0. The molecule has 16 nitrogen and oxygen atoms in total. The molecule has 21 heteroatoms. The van der Waals surface area contributed by atoms with Crippen molar-refractivity contribution in [3.63, 3.8) is 0 Å². The molecule has 65 heavy (non-hydrogen) atoms. The van der Waals surface area contributed by atoms with Crippen molar-refractivity contribution in [3.05, 3.63) is 0 Å². The zero-order valence-corrected chi connectivity index (χ0v) is 47.4. The van der Waals surface area contributed by atoms with Crippen LogP contribution in [-0.4, -0.2) is 164 Å². The Morgan fingerprint density at radius 3 is 1.43 bits per heavy atom. The average Bonchev–Trinajstić information content (AvgIpc) is 3.19. The number of isocyanates is 1. The number of urea groups is 2. The smallest absolute Gasteiger partial charge is 0.334 e. The molecule has 0 aliphatic carbocycles. The van der Waals surface area contributed by atoms with Gasteiger partial charge >= 0.3 is 20.6 Å². The molecular formula is C44H109N7O9Si5. The minimum Gasteiger partial charge on any atom is -0.420 e. The van der Waals surface area contributed by atoms with E-state index in [2.05, 4.69) is 78.6 Å². The number of nitrogens with zero attached hydrogens (tertiary/aromatic N) is 2. The first-order valence-electron chi connectivity index (χ1n) is 23.2. The second-order valence-electron chi connectivity index (χ2n) is 17.7. The molecule has 0 aromatic rings. The summed E-state index contributed by atoms with van der Waals surface area (Å²) in [6, 6.07) is 4.84. The normalized spacial score (nSPS) is 11.4. The Morgan fingerprint density at radius 1 is 0.554 bits per heavy atom. The third kappa shape index (κ3) is 48.9. The van der Waals surface area contributed by atoms with Gasteiger partial charge in [-0.1, -0.05) is 22.3 Å². The molecule has 0 aliphatic heterocycles. The van der Waals surface area contributed by atoms with Gasteiger partial charge in [0.05, 0.1) is 6.54 Å². The van der Waals surface area contributed by atoms with E-state index in [0.29, 0.717) is 52.5 Å². The molecule has 4 amide bonds. The van der Waals surface area contributed by atoms with Crippen LogP contribution >= 0.6 is 0 Å². The Bertz CT molecular complexity index is 1150. The summed E-state index contributed by atoms with van der Waals surface area (Å²) in [6.45, 7) is 36.6. The van der Waals surface area contributed by atoms with Crippen molar-refractivity contribution in [1.29, 1.82) is 0 Å². The molecule has 0 rings (SSSR count). The van der Waals surface area contributed by atoms with E-state index in [1.165, 1.54) is 18.5 Å². The lowest BCUT2D eigenvalue weighted by atomic mass is 10.4. The summed E-state index contributed by atoms with van der Waals surface area (Å²) in [6.07, 6.45) is 6.26. The van der Waals surface area contributed by atoms with Crippen LogP contribution in [0.5, 0.6) is 0 Å². The molecule has 0 fully saturated rings. The lowest BCUT2D eigenvalue weighted by Gasteiger charge is -2.26. The summed E-state index contributed by atoms with van der Waals surface area (Å²) in [5.74, 6) is 0. The summed E-state index contributed by atoms with van der Waals surface area (Å²) in [5, 5.41) is 12.1. The Kier molecular flexibility index (Phi) is 52.2. The van der Waals surface area contributed by atoms with Gasteiger partial charge in [-0.15, -0.1) is 0 Å². The van der Waals surface area contributed by atoms with Gasteiger partial charge in [-0.25, -0.2) is 19.4 Å². The van der Waals surface area contributed by atoms with Crippen LogP contribution in [0.2, 0.25) is 89.1 Å². The van der Waals surface area contributed by atoms with E-state index in [1.54, 1.807) is 7.11 Å². The molecular weight excluding hydrogens is 911 g/mol. The van der Waals surface area contributed by atoms with Crippen molar-refractivity contribution in [3.8, 4) is 0 Å². The molecule has 0 atom stereocenters. The molecule has 0 saturated heterocycles. The molecule has 0 saturated carbocycles. The Labute approximate surface area is 406 Å². The van der Waals surface area contributed by atoms with E-state index in [0.717, 1.165) is 82.7 Å². The Balaban J connectivity index is -0.000000246. The van der Waals surface area contributed by atoms with Gasteiger partial charge in [0.25, 0.3) is 0 Å². The van der Waals surface area contributed by atoms with Crippen molar-refractivity contribution in [2.45, 2.75) is 171 Å². The quantitative estimate of drug-likeness (QED) is 0.0176. The van der Waals surface area contributed by atoms with Crippen molar-refractivity contribution in [1.82, 2.24) is 26.2 Å². The van der Waals surface area contributed by atoms with Crippen LogP contribution in [0.25, 0.3) is 0 Å². The number of nitrogens with one attached hydrogen (secondary N) is 4. The first-order chi connectivity index (χ1) is 29.1. The second kappa shape index (κ2) is 45.1. The van der Waals surface area contributed by atoms with Gasteiger partial charge in [0.1, 0.15) is 0 Å². The van der Waals surface area contributed by atoms with Crippen molar-refractivity contribution < 1.29 is 40.9 Å². The maximum Gasteiger partial charge on any atom is 0.334 e. The molecule has 0 heterocycles. The topological polar surface area (TPSA) is 196 Å². The van der Waals surface area contributed by atoms with Gasteiger partial charge in [-0.05, 0) is 155 Å². The maximum absolute atomic E-state index is 12.9. The van der Waals surface area contributed by atoms with E-state index in [9.17, 15) is 14.4 Å². The number of hydrogen-bond acceptors (Lipinski definition) is 12. The largest absolute Gasteiger partial charge is 0.420 e. The summed E-state index contributed by atoms with van der Waals surface area (Å²) < 4.78 is 34.0. The highest BCUT2D eigenvalue weighted by Crippen LogP contribution is 2.17. The van der Waals surface area contributed by atoms with Crippen LogP contribution < -0.4 is 27.0 Å². The molecule has 0 aromatic carbocycles. The summed E-state index contributed by atoms with van der Waals surface area (Å²) in [5.41, 5.74) is 5.34. The van der Waals surface area contributed by atoms with Gasteiger partial charge in [-0.2, -0.15) is 0 Å². The van der Waals surface area contributed by atoms with Crippen LogP contribution in [-0.2, 0) is 31.4 Å². The standard InChI is InChI=1S/C24H56N4O5Si3.C9H19NO3Si.C8H22N2OSi.3CH4/c1-10-32-35(6,7)20-12-15-25-23(29)26-17-19-28(18-14-22-34(4,5)31-3)24(30)27-16-13-21-36(8,9)33-11-2;1-4-12-14(3,13-5-2)8-6-7-10-9-11;1-11-12(2,3)8-4-6-10-7-5-9;;;/h10-22H2,1-9H3,(H,27,30)(H2,25,26,29);4-8H2,1-3H3;10H,4-9H2,1-3H3;3*1H4. The highest BCUT2D eigenvalue weighted by molar-refractivity contribution is 6.72. The van der Waals surface area contributed by atoms with Crippen molar-refractivity contribution in [2.24, 2.45) is 10.7 Å². The van der Waals surface area contributed by atoms with Crippen LogP contribution in [0, 0.1) is 0 Å². The minimum absolute atomic E-state index is 0. The zero-order valence-electron chi connectivity index (χ0n) is 42.4. The molecule has 0 unspecified atom stereocenters. The minimum atomic E-state index is -1.99. The predicted molar refractivity (Wildman–Crippen MR) is 291 cm³/mol. The van der Waals surface area contributed by atoms with E-state index in [4.69, 9.17) is 32.3 Å². The second-order valence-corrected chi connectivity index (χ2v) is 38.6. The first kappa shape index (κ1) is 75.2. The molecule has 0 spiro atoms. The van der Waals surface area contributed by atoms with Crippen LogP contribution in [0.15, 0.2) is 4.99 Å². The molecule has 6 N–H and O–H groups in total. The zero-order chi connectivity index (χ0) is 48.0. The van der Waals surface area contributed by atoms with E-state index < -0.39 is 41.8 Å². The van der Waals surface area contributed by atoms with Gasteiger partial charge in [0.15, 0.2) is 33.3 Å². The average molecular weight is 1020 g/mol. The third-order valence-electron chi connectivity index (χ3n) is 10.1. The highest BCUT2D eigenvalue weighted by Gasteiger charge is 2.30. The van der Waals surface area contributed by atoms with Gasteiger partial charge in [0, 0.05) is 86.5 Å². The Morgan fingerprint density at radius 2 is 0.985 bits per heavy atom. The van der Waals surface area contributed by atoms with Crippen molar-refractivity contribution >= 4 is 60.0 Å². The molecule has 0 aromatic heterocycles. The molecule has 0 aliphatic rings.